The van der Waals surface area contributed by atoms with E-state index >= 15 is 0 Å². The first kappa shape index (κ1) is 9.91. The number of rotatable bonds is 4. The summed E-state index contributed by atoms with van der Waals surface area (Å²) in [5.41, 5.74) is 0.864. The van der Waals surface area contributed by atoms with Gasteiger partial charge in [0.1, 0.15) is 12.9 Å². The fourth-order valence-electron chi connectivity index (χ4n) is 0.844. The molecule has 0 fully saturated rings. The fraction of sp³-hybridized carbons (Fsp3) is 0.571. The van der Waals surface area contributed by atoms with Gasteiger partial charge in [-0.2, -0.15) is 4.37 Å². The van der Waals surface area contributed by atoms with Crippen molar-refractivity contribution in [2.24, 2.45) is 5.16 Å². The van der Waals surface area contributed by atoms with Gasteiger partial charge in [0, 0.05) is 18.6 Å². The van der Waals surface area contributed by atoms with Crippen LogP contribution in [0.2, 0.25) is 0 Å². The SMILES string of the molecule is CNc1nc(C/C(C)=N/OC)ns1. The number of aromatic nitrogens is 2. The van der Waals surface area contributed by atoms with Gasteiger partial charge in [-0.3, -0.25) is 0 Å². The predicted molar refractivity (Wildman–Crippen MR) is 53.3 cm³/mol. The topological polar surface area (TPSA) is 59.4 Å². The fourth-order valence-corrected chi connectivity index (χ4v) is 1.38. The van der Waals surface area contributed by atoms with Crippen LogP contribution in [0.15, 0.2) is 5.16 Å². The lowest BCUT2D eigenvalue weighted by molar-refractivity contribution is 0.212. The monoisotopic (exact) mass is 200 g/mol. The van der Waals surface area contributed by atoms with Crippen LogP contribution in [0.1, 0.15) is 12.7 Å². The smallest absolute Gasteiger partial charge is 0.202 e. The van der Waals surface area contributed by atoms with E-state index in [1.807, 2.05) is 14.0 Å². The van der Waals surface area contributed by atoms with E-state index in [1.54, 1.807) is 0 Å². The van der Waals surface area contributed by atoms with E-state index in [0.29, 0.717) is 6.42 Å². The van der Waals surface area contributed by atoms with Gasteiger partial charge in [-0.1, -0.05) is 5.16 Å². The quantitative estimate of drug-likeness (QED) is 0.585. The van der Waals surface area contributed by atoms with E-state index < -0.39 is 0 Å². The third kappa shape index (κ3) is 2.98. The molecule has 1 rings (SSSR count). The van der Waals surface area contributed by atoms with Gasteiger partial charge in [0.25, 0.3) is 0 Å². The number of hydrogen-bond acceptors (Lipinski definition) is 6. The zero-order valence-corrected chi connectivity index (χ0v) is 8.68. The van der Waals surface area contributed by atoms with E-state index in [1.165, 1.54) is 18.6 Å². The van der Waals surface area contributed by atoms with Crippen molar-refractivity contribution < 1.29 is 4.84 Å². The maximum absolute atomic E-state index is 4.63. The van der Waals surface area contributed by atoms with Crippen molar-refractivity contribution in [1.82, 2.24) is 9.36 Å². The number of nitrogens with zero attached hydrogens (tertiary/aromatic N) is 3. The van der Waals surface area contributed by atoms with Crippen LogP contribution in [0.5, 0.6) is 0 Å². The van der Waals surface area contributed by atoms with Crippen molar-refractivity contribution in [2.45, 2.75) is 13.3 Å². The van der Waals surface area contributed by atoms with Gasteiger partial charge in [-0.05, 0) is 6.92 Å². The highest BCUT2D eigenvalue weighted by Crippen LogP contribution is 2.10. The second kappa shape index (κ2) is 4.76. The summed E-state index contributed by atoms with van der Waals surface area (Å²) in [4.78, 5) is 8.84. The van der Waals surface area contributed by atoms with Crippen molar-refractivity contribution >= 4 is 22.4 Å². The molecule has 0 amide bonds. The molecule has 0 unspecified atom stereocenters. The Balaban J connectivity index is 2.58. The van der Waals surface area contributed by atoms with Crippen LogP contribution in [0.4, 0.5) is 5.13 Å². The minimum atomic E-state index is 0.631. The number of anilines is 1. The first-order valence-electron chi connectivity index (χ1n) is 3.83. The van der Waals surface area contributed by atoms with E-state index in [9.17, 15) is 0 Å². The Morgan fingerprint density at radius 2 is 2.46 bits per heavy atom. The molecule has 1 heterocycles. The van der Waals surface area contributed by atoms with Crippen LogP contribution in [-0.4, -0.2) is 29.2 Å². The molecule has 0 radical (unpaired) electrons. The van der Waals surface area contributed by atoms with E-state index in [4.69, 9.17) is 0 Å². The molecule has 1 N–H and O–H groups in total. The molecule has 0 aliphatic carbocycles. The standard InChI is InChI=1S/C7H12N4OS/c1-5(10-12-3)4-6-9-7(8-2)13-11-6/h4H2,1-3H3,(H,8,9,11)/b10-5+. The number of hydrogen-bond donors (Lipinski definition) is 1. The van der Waals surface area contributed by atoms with Crippen molar-refractivity contribution in [2.75, 3.05) is 19.5 Å². The first-order chi connectivity index (χ1) is 6.26. The van der Waals surface area contributed by atoms with Crippen LogP contribution in [-0.2, 0) is 11.3 Å². The Morgan fingerprint density at radius 1 is 1.69 bits per heavy atom. The average molecular weight is 200 g/mol. The summed E-state index contributed by atoms with van der Waals surface area (Å²) in [5, 5.41) is 7.52. The molecule has 6 heteroatoms. The molecule has 0 spiro atoms. The van der Waals surface area contributed by atoms with E-state index in [-0.39, 0.29) is 0 Å². The second-order valence-electron chi connectivity index (χ2n) is 2.45. The van der Waals surface area contributed by atoms with Crippen LogP contribution in [0, 0.1) is 0 Å². The molecular weight excluding hydrogens is 188 g/mol. The van der Waals surface area contributed by atoms with Crippen molar-refractivity contribution in [3.05, 3.63) is 5.82 Å². The summed E-state index contributed by atoms with van der Waals surface area (Å²) in [5.74, 6) is 0.771. The largest absolute Gasteiger partial charge is 0.399 e. The Morgan fingerprint density at radius 3 is 3.00 bits per heavy atom. The maximum Gasteiger partial charge on any atom is 0.202 e. The molecule has 0 aromatic carbocycles. The molecule has 13 heavy (non-hydrogen) atoms. The second-order valence-corrected chi connectivity index (χ2v) is 3.20. The molecule has 0 saturated carbocycles. The minimum absolute atomic E-state index is 0.631. The molecule has 1 aromatic heterocycles. The van der Waals surface area contributed by atoms with Crippen molar-refractivity contribution in [3.8, 4) is 0 Å². The van der Waals surface area contributed by atoms with Crippen LogP contribution >= 0.6 is 11.5 Å². The highest BCUT2D eigenvalue weighted by Gasteiger charge is 2.03. The highest BCUT2D eigenvalue weighted by molar-refractivity contribution is 7.09. The lowest BCUT2D eigenvalue weighted by atomic mass is 10.3. The van der Waals surface area contributed by atoms with Gasteiger partial charge >= 0.3 is 0 Å². The van der Waals surface area contributed by atoms with Crippen molar-refractivity contribution in [3.63, 3.8) is 0 Å². The summed E-state index contributed by atoms with van der Waals surface area (Å²) in [6.45, 7) is 1.88. The van der Waals surface area contributed by atoms with Gasteiger partial charge in [0.05, 0.1) is 12.1 Å². The predicted octanol–water partition coefficient (Wildman–Crippen LogP) is 1.14. The lowest BCUT2D eigenvalue weighted by Crippen LogP contribution is -2.00. The van der Waals surface area contributed by atoms with Gasteiger partial charge in [-0.15, -0.1) is 0 Å². The van der Waals surface area contributed by atoms with Crippen LogP contribution in [0.3, 0.4) is 0 Å². The first-order valence-corrected chi connectivity index (χ1v) is 4.60. The molecule has 72 valence electrons. The van der Waals surface area contributed by atoms with E-state index in [2.05, 4.69) is 24.7 Å². The molecule has 0 saturated heterocycles. The van der Waals surface area contributed by atoms with Crippen LogP contribution in [0.25, 0.3) is 0 Å². The molecule has 0 aliphatic heterocycles. The summed E-state index contributed by atoms with van der Waals surface area (Å²) in [6.07, 6.45) is 0.631. The van der Waals surface area contributed by atoms with Gasteiger partial charge < -0.3 is 10.2 Å². The molecule has 5 nitrogen and oxygen atoms in total. The highest BCUT2D eigenvalue weighted by atomic mass is 32.1. The lowest BCUT2D eigenvalue weighted by Gasteiger charge is -1.93. The summed E-state index contributed by atoms with van der Waals surface area (Å²) in [6, 6.07) is 0. The average Bonchev–Trinajstić information content (AvgIpc) is 2.52. The van der Waals surface area contributed by atoms with Crippen LogP contribution < -0.4 is 5.32 Å². The molecule has 0 bridgehead atoms. The Labute approximate surface area is 81.0 Å². The zero-order valence-electron chi connectivity index (χ0n) is 7.87. The number of nitrogens with one attached hydrogen (secondary N) is 1. The summed E-state index contributed by atoms with van der Waals surface area (Å²) < 4.78 is 4.14. The normalized spacial score (nSPS) is 11.5. The third-order valence-electron chi connectivity index (χ3n) is 1.34. The molecule has 0 atom stereocenters. The van der Waals surface area contributed by atoms with E-state index in [0.717, 1.165) is 16.7 Å². The Kier molecular flexibility index (Phi) is 3.63. The Hall–Kier alpha value is -1.17. The molecule has 1 aromatic rings. The zero-order chi connectivity index (χ0) is 9.68. The Bertz CT molecular complexity index is 296. The summed E-state index contributed by atoms with van der Waals surface area (Å²) >= 11 is 1.34. The van der Waals surface area contributed by atoms with Gasteiger partial charge in [0.15, 0.2) is 0 Å². The van der Waals surface area contributed by atoms with Gasteiger partial charge in [-0.25, -0.2) is 4.98 Å². The molecule has 0 aliphatic rings. The van der Waals surface area contributed by atoms with Gasteiger partial charge in [0.2, 0.25) is 5.13 Å². The minimum Gasteiger partial charge on any atom is -0.399 e. The maximum atomic E-state index is 4.63. The number of oxime groups is 1. The molecular formula is C7H12N4OS. The van der Waals surface area contributed by atoms with Crippen molar-refractivity contribution in [1.29, 1.82) is 0 Å². The summed E-state index contributed by atoms with van der Waals surface area (Å²) in [7, 11) is 3.34. The third-order valence-corrected chi connectivity index (χ3v) is 2.11.